The first-order valence-electron chi connectivity index (χ1n) is 5.10. The van der Waals surface area contributed by atoms with Gasteiger partial charge < -0.3 is 29.8 Å². The van der Waals surface area contributed by atoms with Gasteiger partial charge in [0.05, 0.1) is 0 Å². The van der Waals surface area contributed by atoms with E-state index in [2.05, 4.69) is 37.0 Å². The van der Waals surface area contributed by atoms with Crippen molar-refractivity contribution in [3.8, 4) is 0 Å². The zero-order chi connectivity index (χ0) is 10.4. The second kappa shape index (κ2) is 7.06. The molecule has 0 atom stereocenters. The number of rotatable bonds is 1. The summed E-state index contributed by atoms with van der Waals surface area (Å²) in [7, 11) is 1.38. The Balaban J connectivity index is 0.000000963. The molecule has 2 heterocycles. The minimum Gasteiger partial charge on any atom is -1.00 e. The van der Waals surface area contributed by atoms with Crippen LogP contribution in [0.1, 0.15) is 19.5 Å². The van der Waals surface area contributed by atoms with Crippen LogP contribution < -0.4 is 24.8 Å². The maximum absolute atomic E-state index is 3.28. The second-order valence-electron chi connectivity index (χ2n) is 3.98. The maximum Gasteiger partial charge on any atom is 2.00 e. The minimum atomic E-state index is 0. The summed E-state index contributed by atoms with van der Waals surface area (Å²) >= 11 is 0. The van der Waals surface area contributed by atoms with Crippen LogP contribution in [0.5, 0.6) is 0 Å². The smallest absolute Gasteiger partial charge is 1.00 e. The fourth-order valence-corrected chi connectivity index (χ4v) is 3.23. The van der Waals surface area contributed by atoms with E-state index in [0.29, 0.717) is 0 Å². The van der Waals surface area contributed by atoms with Gasteiger partial charge in [0.1, 0.15) is 0 Å². The zero-order valence-electron chi connectivity index (χ0n) is 10.1. The summed E-state index contributed by atoms with van der Waals surface area (Å²) in [5, 5.41) is 2.92. The molecule has 0 aromatic carbocycles. The van der Waals surface area contributed by atoms with Gasteiger partial charge in [-0.2, -0.15) is 0 Å². The van der Waals surface area contributed by atoms with E-state index in [4.69, 9.17) is 0 Å². The van der Waals surface area contributed by atoms with Crippen molar-refractivity contribution >= 4 is 19.1 Å². The van der Waals surface area contributed by atoms with Crippen molar-refractivity contribution in [3.63, 3.8) is 0 Å². The largest absolute Gasteiger partial charge is 2.00 e. The molecule has 3 rings (SSSR count). The molecule has 0 saturated carbocycles. The van der Waals surface area contributed by atoms with Crippen LogP contribution in [0.25, 0.3) is 5.57 Å². The Labute approximate surface area is 141 Å². The van der Waals surface area contributed by atoms with E-state index < -0.39 is 0 Å². The van der Waals surface area contributed by atoms with E-state index in [-0.39, 0.29) is 51.0 Å². The molecule has 1 aromatic rings. The Kier molecular flexibility index (Phi) is 7.11. The molecule has 0 bridgehead atoms. The van der Waals surface area contributed by atoms with E-state index in [0.717, 1.165) is 0 Å². The summed E-state index contributed by atoms with van der Waals surface area (Å²) in [4.78, 5) is 3.28. The van der Waals surface area contributed by atoms with Crippen LogP contribution >= 0.6 is 8.20 Å². The first kappa shape index (κ1) is 18.1. The van der Waals surface area contributed by atoms with Gasteiger partial charge >= 0.3 is 26.2 Å². The number of H-pyrrole nitrogens is 1. The Bertz CT molecular complexity index is 554. The maximum atomic E-state index is 3.28. The average molecular weight is 375 g/mol. The minimum absolute atomic E-state index is 0. The predicted octanol–water partition coefficient (Wildman–Crippen LogP) is -2.23. The van der Waals surface area contributed by atoms with Crippen molar-refractivity contribution in [2.45, 2.75) is 13.8 Å². The molecule has 1 aromatic heterocycles. The quantitative estimate of drug-likeness (QED) is 0.535. The molecule has 0 unspecified atom stereocenters. The van der Waals surface area contributed by atoms with E-state index in [9.17, 15) is 0 Å². The number of hydrogen-bond donors (Lipinski definition) is 1. The fraction of sp³-hybridized carbons (Fsp3) is 0.154. The van der Waals surface area contributed by atoms with Gasteiger partial charge in [0.2, 0.25) is 0 Å². The fourth-order valence-electron chi connectivity index (χ4n) is 2.14. The first-order chi connectivity index (χ1) is 7.25. The molecule has 0 spiro atoms. The molecule has 1 N–H and O–H groups in total. The molecule has 2 aliphatic rings. The SMILES string of the molecule is CC1=PC2=C(C)C=C(c3ccc[nH]3)C2=C1.[Cl-].[Cl-].[Zr+2]. The van der Waals surface area contributed by atoms with Crippen LogP contribution in [0, 0.1) is 0 Å². The molecule has 0 amide bonds. The van der Waals surface area contributed by atoms with E-state index >= 15 is 0 Å². The van der Waals surface area contributed by atoms with Gasteiger partial charge in [-0.3, -0.25) is 0 Å². The third-order valence-corrected chi connectivity index (χ3v) is 4.11. The summed E-state index contributed by atoms with van der Waals surface area (Å²) in [6.45, 7) is 4.39. The summed E-state index contributed by atoms with van der Waals surface area (Å²) in [6.07, 6.45) is 6.57. The van der Waals surface area contributed by atoms with Crippen molar-refractivity contribution < 1.29 is 51.0 Å². The second-order valence-corrected chi connectivity index (χ2v) is 5.36. The molecular weight excluding hydrogens is 363 g/mol. The standard InChI is InChI=1S/C13H12NP.2ClH.Zr/c1-8-6-10(12-4-3-5-14-12)11-7-9(2)15-13(8)11;;;/h3-7,14H,1-2H3;2*1H;/q;;;+2/p-2. The van der Waals surface area contributed by atoms with Crippen LogP contribution in [0.15, 0.2) is 46.9 Å². The van der Waals surface area contributed by atoms with Crippen molar-refractivity contribution in [2.24, 2.45) is 0 Å². The molecule has 0 radical (unpaired) electrons. The molecule has 18 heavy (non-hydrogen) atoms. The van der Waals surface area contributed by atoms with Crippen LogP contribution in [0.2, 0.25) is 0 Å². The number of hydrogen-bond acceptors (Lipinski definition) is 0. The Morgan fingerprint density at radius 1 is 1.06 bits per heavy atom. The number of aromatic nitrogens is 1. The van der Waals surface area contributed by atoms with Crippen LogP contribution in [0.3, 0.4) is 0 Å². The van der Waals surface area contributed by atoms with Crippen LogP contribution in [-0.2, 0) is 26.2 Å². The molecule has 5 heteroatoms. The predicted molar refractivity (Wildman–Crippen MR) is 67.2 cm³/mol. The van der Waals surface area contributed by atoms with Crippen molar-refractivity contribution in [3.05, 3.63) is 52.6 Å². The summed E-state index contributed by atoms with van der Waals surface area (Å²) in [5.41, 5.74) is 5.39. The van der Waals surface area contributed by atoms with Crippen LogP contribution in [0.4, 0.5) is 0 Å². The third-order valence-electron chi connectivity index (χ3n) is 2.81. The molecule has 0 saturated heterocycles. The monoisotopic (exact) mass is 373 g/mol. The topological polar surface area (TPSA) is 15.8 Å². The van der Waals surface area contributed by atoms with E-state index in [1.54, 1.807) is 0 Å². The van der Waals surface area contributed by atoms with Crippen molar-refractivity contribution in [1.82, 2.24) is 4.98 Å². The first-order valence-corrected chi connectivity index (χ1v) is 5.99. The summed E-state index contributed by atoms with van der Waals surface area (Å²) < 4.78 is 0. The van der Waals surface area contributed by atoms with E-state index in [1.807, 2.05) is 12.3 Å². The average Bonchev–Trinajstić information content (AvgIpc) is 2.85. The molecule has 1 nitrogen and oxygen atoms in total. The summed E-state index contributed by atoms with van der Waals surface area (Å²) in [5.74, 6) is 0. The molecule has 1 aliphatic heterocycles. The molecule has 1 aliphatic carbocycles. The van der Waals surface area contributed by atoms with Crippen LogP contribution in [-0.4, -0.2) is 10.3 Å². The number of fused-ring (bicyclic) bond motifs is 1. The van der Waals surface area contributed by atoms with Gasteiger partial charge in [-0.05, 0) is 54.6 Å². The van der Waals surface area contributed by atoms with Gasteiger partial charge in [-0.15, -0.1) is 0 Å². The Morgan fingerprint density at radius 2 is 1.78 bits per heavy atom. The van der Waals surface area contributed by atoms with Gasteiger partial charge in [0.15, 0.2) is 0 Å². The number of nitrogens with one attached hydrogen (secondary N) is 1. The number of halogens is 2. The Morgan fingerprint density at radius 3 is 2.39 bits per heavy atom. The summed E-state index contributed by atoms with van der Waals surface area (Å²) in [6, 6.07) is 4.18. The van der Waals surface area contributed by atoms with Gasteiger partial charge in [0, 0.05) is 22.8 Å². The van der Waals surface area contributed by atoms with Gasteiger partial charge in [-0.1, -0.05) is 8.20 Å². The normalized spacial score (nSPS) is 16.7. The van der Waals surface area contributed by atoms with Gasteiger partial charge in [0.25, 0.3) is 0 Å². The Hall–Kier alpha value is 0.133. The number of aromatic amines is 1. The van der Waals surface area contributed by atoms with Crippen molar-refractivity contribution in [1.29, 1.82) is 0 Å². The third kappa shape index (κ3) is 2.99. The van der Waals surface area contributed by atoms with E-state index in [1.165, 1.54) is 41.2 Å². The number of allylic oxidation sites excluding steroid dienone is 6. The van der Waals surface area contributed by atoms with Gasteiger partial charge in [-0.25, -0.2) is 0 Å². The van der Waals surface area contributed by atoms with Crippen molar-refractivity contribution in [2.75, 3.05) is 0 Å². The molecule has 92 valence electrons. The molecule has 0 fully saturated rings. The zero-order valence-corrected chi connectivity index (χ0v) is 15.0. The molecular formula is C13H12Cl2NPZr.